The van der Waals surface area contributed by atoms with Crippen LogP contribution in [0, 0.1) is 0 Å². The molecule has 3 nitrogen and oxygen atoms in total. The molecule has 1 aromatic rings. The molecule has 0 aliphatic heterocycles. The van der Waals surface area contributed by atoms with E-state index in [0.717, 1.165) is 6.42 Å². The summed E-state index contributed by atoms with van der Waals surface area (Å²) < 4.78 is 4.57. The van der Waals surface area contributed by atoms with Crippen molar-refractivity contribution in [1.29, 1.82) is 0 Å². The zero-order valence-electron chi connectivity index (χ0n) is 9.90. The molecule has 0 fully saturated rings. The summed E-state index contributed by atoms with van der Waals surface area (Å²) in [6.07, 6.45) is 1.40. The van der Waals surface area contributed by atoms with Crippen molar-refractivity contribution < 1.29 is 9.53 Å². The Kier molecular flexibility index (Phi) is 5.57. The van der Waals surface area contributed by atoms with E-state index in [2.05, 4.69) is 29.1 Å². The fraction of sp³-hybridized carbons (Fsp3) is 0.462. The molecule has 0 unspecified atom stereocenters. The number of nitrogens with one attached hydrogen (secondary N) is 1. The molecule has 1 rings (SSSR count). The third kappa shape index (κ3) is 4.94. The lowest BCUT2D eigenvalue weighted by molar-refractivity contribution is -0.140. The molecule has 0 radical (unpaired) electrons. The van der Waals surface area contributed by atoms with Gasteiger partial charge >= 0.3 is 5.97 Å². The minimum Gasteiger partial charge on any atom is -0.469 e. The number of benzene rings is 1. The number of methoxy groups -OCH3 is 1. The third-order valence-electron chi connectivity index (χ3n) is 2.43. The lowest BCUT2D eigenvalue weighted by Crippen LogP contribution is -2.30. The van der Waals surface area contributed by atoms with E-state index >= 15 is 0 Å². The van der Waals surface area contributed by atoms with E-state index in [9.17, 15) is 4.79 Å². The highest BCUT2D eigenvalue weighted by Gasteiger charge is 2.04. The number of ether oxygens (including phenoxy) is 1. The van der Waals surface area contributed by atoms with Crippen LogP contribution < -0.4 is 5.32 Å². The average molecular weight is 221 g/mol. The van der Waals surface area contributed by atoms with E-state index in [1.165, 1.54) is 12.7 Å². The molecule has 1 N–H and O–H groups in total. The highest BCUT2D eigenvalue weighted by molar-refractivity contribution is 5.69. The molecular formula is C13H19NO2. The first kappa shape index (κ1) is 12.7. The zero-order valence-corrected chi connectivity index (χ0v) is 9.90. The van der Waals surface area contributed by atoms with Crippen LogP contribution in [0.1, 0.15) is 18.9 Å². The molecule has 0 saturated carbocycles. The minimum atomic E-state index is -0.167. The second kappa shape index (κ2) is 7.01. The average Bonchev–Trinajstić information content (AvgIpc) is 2.30. The second-order valence-electron chi connectivity index (χ2n) is 3.87. The topological polar surface area (TPSA) is 38.3 Å². The predicted molar refractivity (Wildman–Crippen MR) is 64.2 cm³/mol. The van der Waals surface area contributed by atoms with Crippen LogP contribution in [-0.2, 0) is 16.0 Å². The maximum Gasteiger partial charge on any atom is 0.306 e. The maximum atomic E-state index is 10.9. The van der Waals surface area contributed by atoms with Gasteiger partial charge < -0.3 is 10.1 Å². The Morgan fingerprint density at radius 1 is 1.38 bits per heavy atom. The van der Waals surface area contributed by atoms with Gasteiger partial charge in [-0.2, -0.15) is 0 Å². The SMILES string of the molecule is COC(=O)CCN[C@H](C)Cc1ccccc1. The van der Waals surface area contributed by atoms with E-state index in [1.807, 2.05) is 18.2 Å². The standard InChI is InChI=1S/C13H19NO2/c1-11(14-9-8-13(15)16-2)10-12-6-4-3-5-7-12/h3-7,11,14H,8-10H2,1-2H3/t11-/m1/s1. The Balaban J connectivity index is 2.21. The van der Waals surface area contributed by atoms with E-state index in [4.69, 9.17) is 0 Å². The van der Waals surface area contributed by atoms with Crippen LogP contribution in [0.15, 0.2) is 30.3 Å². The molecule has 0 saturated heterocycles. The van der Waals surface area contributed by atoms with Crippen LogP contribution in [0.5, 0.6) is 0 Å². The van der Waals surface area contributed by atoms with E-state index < -0.39 is 0 Å². The van der Waals surface area contributed by atoms with Crippen LogP contribution in [0.3, 0.4) is 0 Å². The summed E-state index contributed by atoms with van der Waals surface area (Å²) in [6.45, 7) is 2.78. The van der Waals surface area contributed by atoms with Gasteiger partial charge in [-0.05, 0) is 18.9 Å². The Hall–Kier alpha value is -1.35. The number of esters is 1. The number of hydrogen-bond acceptors (Lipinski definition) is 3. The Morgan fingerprint density at radius 2 is 2.06 bits per heavy atom. The lowest BCUT2D eigenvalue weighted by Gasteiger charge is -2.13. The van der Waals surface area contributed by atoms with Crippen LogP contribution in [0.25, 0.3) is 0 Å². The van der Waals surface area contributed by atoms with Gasteiger partial charge in [0.25, 0.3) is 0 Å². The molecule has 3 heteroatoms. The number of rotatable bonds is 6. The predicted octanol–water partition coefficient (Wildman–Crippen LogP) is 1.77. The first-order chi connectivity index (χ1) is 7.72. The minimum absolute atomic E-state index is 0.167. The third-order valence-corrected chi connectivity index (χ3v) is 2.43. The van der Waals surface area contributed by atoms with Crippen LogP contribution in [0.2, 0.25) is 0 Å². The number of carbonyl (C=O) groups excluding carboxylic acids is 1. The van der Waals surface area contributed by atoms with Crippen molar-refractivity contribution in [2.24, 2.45) is 0 Å². The Morgan fingerprint density at radius 3 is 2.69 bits per heavy atom. The van der Waals surface area contributed by atoms with Crippen LogP contribution in [0.4, 0.5) is 0 Å². The monoisotopic (exact) mass is 221 g/mol. The molecule has 0 aliphatic rings. The molecule has 1 aromatic carbocycles. The van der Waals surface area contributed by atoms with Crippen LogP contribution in [-0.4, -0.2) is 25.7 Å². The summed E-state index contributed by atoms with van der Waals surface area (Å²) >= 11 is 0. The zero-order chi connectivity index (χ0) is 11.8. The van der Waals surface area contributed by atoms with E-state index in [0.29, 0.717) is 19.0 Å². The Bertz CT molecular complexity index is 311. The van der Waals surface area contributed by atoms with Crippen molar-refractivity contribution >= 4 is 5.97 Å². The summed E-state index contributed by atoms with van der Waals surface area (Å²) in [5.74, 6) is -0.167. The van der Waals surface area contributed by atoms with Gasteiger partial charge in [0.15, 0.2) is 0 Å². The van der Waals surface area contributed by atoms with Gasteiger partial charge in [-0.15, -0.1) is 0 Å². The maximum absolute atomic E-state index is 10.9. The summed E-state index contributed by atoms with van der Waals surface area (Å²) in [4.78, 5) is 10.9. The van der Waals surface area contributed by atoms with Gasteiger partial charge in [-0.3, -0.25) is 4.79 Å². The van der Waals surface area contributed by atoms with Crippen molar-refractivity contribution in [1.82, 2.24) is 5.32 Å². The molecule has 0 amide bonds. The molecular weight excluding hydrogens is 202 g/mol. The van der Waals surface area contributed by atoms with Crippen molar-refractivity contribution in [3.8, 4) is 0 Å². The van der Waals surface area contributed by atoms with Gasteiger partial charge in [0.05, 0.1) is 13.5 Å². The molecule has 1 atom stereocenters. The molecule has 0 spiro atoms. The van der Waals surface area contributed by atoms with Crippen molar-refractivity contribution in [3.63, 3.8) is 0 Å². The molecule has 0 aliphatic carbocycles. The van der Waals surface area contributed by atoms with Crippen LogP contribution >= 0.6 is 0 Å². The highest BCUT2D eigenvalue weighted by atomic mass is 16.5. The first-order valence-corrected chi connectivity index (χ1v) is 5.56. The fourth-order valence-corrected chi connectivity index (χ4v) is 1.56. The molecule has 0 heterocycles. The van der Waals surface area contributed by atoms with E-state index in [1.54, 1.807) is 0 Å². The second-order valence-corrected chi connectivity index (χ2v) is 3.87. The van der Waals surface area contributed by atoms with Gasteiger partial charge in [0.2, 0.25) is 0 Å². The smallest absolute Gasteiger partial charge is 0.306 e. The van der Waals surface area contributed by atoms with E-state index in [-0.39, 0.29) is 5.97 Å². The molecule has 0 aromatic heterocycles. The number of carbonyl (C=O) groups is 1. The normalized spacial score (nSPS) is 12.1. The molecule has 88 valence electrons. The largest absolute Gasteiger partial charge is 0.469 e. The molecule has 16 heavy (non-hydrogen) atoms. The molecule has 0 bridgehead atoms. The summed E-state index contributed by atoms with van der Waals surface area (Å²) in [7, 11) is 1.41. The lowest BCUT2D eigenvalue weighted by atomic mass is 10.1. The van der Waals surface area contributed by atoms with Gasteiger partial charge in [0, 0.05) is 12.6 Å². The highest BCUT2D eigenvalue weighted by Crippen LogP contribution is 2.02. The summed E-state index contributed by atoms with van der Waals surface area (Å²) in [6, 6.07) is 10.7. The number of hydrogen-bond donors (Lipinski definition) is 1. The van der Waals surface area contributed by atoms with Gasteiger partial charge in [-0.1, -0.05) is 30.3 Å². The first-order valence-electron chi connectivity index (χ1n) is 5.56. The summed E-state index contributed by atoms with van der Waals surface area (Å²) in [5.41, 5.74) is 1.31. The van der Waals surface area contributed by atoms with Crippen molar-refractivity contribution in [2.45, 2.75) is 25.8 Å². The van der Waals surface area contributed by atoms with Gasteiger partial charge in [-0.25, -0.2) is 0 Å². The summed E-state index contributed by atoms with van der Waals surface area (Å²) in [5, 5.41) is 3.30. The van der Waals surface area contributed by atoms with Crippen molar-refractivity contribution in [2.75, 3.05) is 13.7 Å². The fourth-order valence-electron chi connectivity index (χ4n) is 1.56. The van der Waals surface area contributed by atoms with Gasteiger partial charge in [0.1, 0.15) is 0 Å². The quantitative estimate of drug-likeness (QED) is 0.744. The Labute approximate surface area is 96.8 Å². The van der Waals surface area contributed by atoms with Crippen molar-refractivity contribution in [3.05, 3.63) is 35.9 Å².